The van der Waals surface area contributed by atoms with E-state index in [2.05, 4.69) is 10.3 Å². The number of fused-ring (bicyclic) bond motifs is 1. The number of hydrogen-bond donors (Lipinski definition) is 0. The van der Waals surface area contributed by atoms with Crippen molar-refractivity contribution in [1.82, 2.24) is 9.78 Å². The van der Waals surface area contributed by atoms with Crippen LogP contribution in [0.4, 0.5) is 5.69 Å². The lowest BCUT2D eigenvalue weighted by Gasteiger charge is -2.15. The predicted octanol–water partition coefficient (Wildman–Crippen LogP) is 0.946. The third kappa shape index (κ3) is 2.59. The number of esters is 1. The zero-order chi connectivity index (χ0) is 19.3. The molecular formula is C18H16N4O5. The average Bonchev–Trinajstić information content (AvgIpc) is 3.26. The van der Waals surface area contributed by atoms with E-state index in [1.54, 1.807) is 30.1 Å². The summed E-state index contributed by atoms with van der Waals surface area (Å²) in [6, 6.07) is 6.13. The van der Waals surface area contributed by atoms with Crippen LogP contribution in [0.25, 0.3) is 0 Å². The van der Waals surface area contributed by atoms with Crippen LogP contribution >= 0.6 is 0 Å². The molecule has 2 amide bonds. The van der Waals surface area contributed by atoms with Crippen molar-refractivity contribution in [2.75, 3.05) is 4.90 Å². The minimum Gasteiger partial charge on any atom is -0.427 e. The maximum atomic E-state index is 13.0. The zero-order valence-corrected chi connectivity index (χ0v) is 14.9. The second kappa shape index (κ2) is 6.04. The lowest BCUT2D eigenvalue weighted by molar-refractivity contribution is -0.132. The molecule has 4 rings (SSSR count). The normalized spacial score (nSPS) is 21.1. The number of carbonyl (C=O) groups excluding carboxylic acids is 3. The number of rotatable bonds is 3. The first-order valence-electron chi connectivity index (χ1n) is 8.27. The first-order chi connectivity index (χ1) is 12.9. The molecule has 1 aromatic carbocycles. The van der Waals surface area contributed by atoms with Gasteiger partial charge in [0.15, 0.2) is 0 Å². The fraction of sp³-hybridized carbons (Fsp3) is 0.278. The van der Waals surface area contributed by atoms with Crippen molar-refractivity contribution in [1.29, 1.82) is 0 Å². The Labute approximate surface area is 154 Å². The Bertz CT molecular complexity index is 992. The third-order valence-electron chi connectivity index (χ3n) is 4.68. The highest BCUT2D eigenvalue weighted by Crippen LogP contribution is 2.36. The van der Waals surface area contributed by atoms with Crippen LogP contribution in [-0.4, -0.2) is 39.4 Å². The van der Waals surface area contributed by atoms with Crippen LogP contribution in [0.1, 0.15) is 18.2 Å². The Morgan fingerprint density at radius 1 is 1.19 bits per heavy atom. The van der Waals surface area contributed by atoms with E-state index in [1.807, 2.05) is 6.92 Å². The second-order valence-electron chi connectivity index (χ2n) is 6.35. The molecule has 2 unspecified atom stereocenters. The molecule has 0 bridgehead atoms. The molecule has 2 aliphatic rings. The van der Waals surface area contributed by atoms with Gasteiger partial charge >= 0.3 is 5.97 Å². The molecule has 9 heteroatoms. The number of imide groups is 1. The van der Waals surface area contributed by atoms with Crippen LogP contribution in [0, 0.1) is 12.8 Å². The quantitative estimate of drug-likeness (QED) is 0.454. The van der Waals surface area contributed by atoms with Gasteiger partial charge in [-0.25, -0.2) is 4.90 Å². The lowest BCUT2D eigenvalue weighted by Crippen LogP contribution is -2.33. The van der Waals surface area contributed by atoms with Gasteiger partial charge < -0.3 is 9.57 Å². The fourth-order valence-electron chi connectivity index (χ4n) is 3.23. The van der Waals surface area contributed by atoms with Gasteiger partial charge in [0.05, 0.1) is 11.9 Å². The van der Waals surface area contributed by atoms with Crippen molar-refractivity contribution >= 4 is 29.2 Å². The smallest absolute Gasteiger partial charge is 0.308 e. The molecule has 2 aliphatic heterocycles. The number of amides is 2. The lowest BCUT2D eigenvalue weighted by atomic mass is 9.94. The number of benzene rings is 1. The molecule has 1 aromatic heterocycles. The van der Waals surface area contributed by atoms with Gasteiger partial charge in [-0.3, -0.25) is 19.1 Å². The molecule has 0 aliphatic carbocycles. The average molecular weight is 368 g/mol. The molecule has 3 heterocycles. The number of carbonyl (C=O) groups is 3. The van der Waals surface area contributed by atoms with Crippen LogP contribution in [-0.2, 0) is 26.3 Å². The van der Waals surface area contributed by atoms with Gasteiger partial charge in [-0.2, -0.15) is 5.10 Å². The van der Waals surface area contributed by atoms with Crippen LogP contribution in [0.15, 0.2) is 35.6 Å². The third-order valence-corrected chi connectivity index (χ3v) is 4.68. The topological polar surface area (TPSA) is 103 Å². The first kappa shape index (κ1) is 17.0. The van der Waals surface area contributed by atoms with Gasteiger partial charge in [-0.05, 0) is 31.2 Å². The summed E-state index contributed by atoms with van der Waals surface area (Å²) in [5.74, 6) is -1.83. The zero-order valence-electron chi connectivity index (χ0n) is 14.9. The number of aryl methyl sites for hydroxylation is 1. The predicted molar refractivity (Wildman–Crippen MR) is 93.1 cm³/mol. The van der Waals surface area contributed by atoms with Crippen molar-refractivity contribution in [3.8, 4) is 5.75 Å². The van der Waals surface area contributed by atoms with E-state index in [4.69, 9.17) is 9.57 Å². The van der Waals surface area contributed by atoms with Crippen LogP contribution in [0.5, 0.6) is 5.75 Å². The van der Waals surface area contributed by atoms with Crippen molar-refractivity contribution in [3.05, 3.63) is 41.7 Å². The Morgan fingerprint density at radius 2 is 1.89 bits per heavy atom. The molecule has 138 valence electrons. The van der Waals surface area contributed by atoms with E-state index < -0.39 is 29.8 Å². The maximum Gasteiger partial charge on any atom is 0.308 e. The largest absolute Gasteiger partial charge is 0.427 e. The van der Waals surface area contributed by atoms with Gasteiger partial charge in [-0.1, -0.05) is 5.16 Å². The summed E-state index contributed by atoms with van der Waals surface area (Å²) >= 11 is 0. The summed E-state index contributed by atoms with van der Waals surface area (Å²) in [5, 5.41) is 8.14. The van der Waals surface area contributed by atoms with Crippen molar-refractivity contribution in [3.63, 3.8) is 0 Å². The van der Waals surface area contributed by atoms with Crippen LogP contribution < -0.4 is 9.64 Å². The number of ether oxygens (including phenoxy) is 1. The molecule has 0 N–H and O–H groups in total. The Morgan fingerprint density at radius 3 is 2.48 bits per heavy atom. The maximum absolute atomic E-state index is 13.0. The van der Waals surface area contributed by atoms with Gasteiger partial charge in [0.2, 0.25) is 12.0 Å². The van der Waals surface area contributed by atoms with Crippen molar-refractivity contribution in [2.45, 2.75) is 20.0 Å². The molecule has 1 saturated heterocycles. The first-order valence-corrected chi connectivity index (χ1v) is 8.27. The highest BCUT2D eigenvalue weighted by Gasteiger charge is 2.56. The van der Waals surface area contributed by atoms with Crippen molar-refractivity contribution in [2.24, 2.45) is 18.1 Å². The number of hydrogen-bond acceptors (Lipinski definition) is 7. The molecule has 2 atom stereocenters. The monoisotopic (exact) mass is 368 g/mol. The van der Waals surface area contributed by atoms with Gasteiger partial charge in [0.1, 0.15) is 17.4 Å². The second-order valence-corrected chi connectivity index (χ2v) is 6.35. The van der Waals surface area contributed by atoms with Gasteiger partial charge in [-0.15, -0.1) is 0 Å². The van der Waals surface area contributed by atoms with Crippen LogP contribution in [0.3, 0.4) is 0 Å². The minimum absolute atomic E-state index is 0.329. The molecule has 1 fully saturated rings. The highest BCUT2D eigenvalue weighted by molar-refractivity contribution is 6.32. The van der Waals surface area contributed by atoms with Gasteiger partial charge in [0.25, 0.3) is 5.91 Å². The van der Waals surface area contributed by atoms with E-state index in [0.717, 1.165) is 10.6 Å². The number of nitrogens with zero attached hydrogens (tertiary/aromatic N) is 4. The minimum atomic E-state index is -0.986. The van der Waals surface area contributed by atoms with Crippen LogP contribution in [0.2, 0.25) is 0 Å². The molecule has 0 radical (unpaired) electrons. The molecule has 2 aromatic rings. The Hall–Kier alpha value is -3.49. The molecule has 0 spiro atoms. The summed E-state index contributed by atoms with van der Waals surface area (Å²) in [6.45, 7) is 3.15. The Balaban J connectivity index is 1.64. The Kier molecular flexibility index (Phi) is 3.79. The molecular weight excluding hydrogens is 352 g/mol. The number of oxime groups is 1. The summed E-state index contributed by atoms with van der Waals surface area (Å²) in [7, 11) is 1.78. The molecule has 9 nitrogen and oxygen atoms in total. The van der Waals surface area contributed by atoms with Gasteiger partial charge in [0, 0.05) is 25.2 Å². The van der Waals surface area contributed by atoms with E-state index >= 15 is 0 Å². The molecule has 27 heavy (non-hydrogen) atoms. The van der Waals surface area contributed by atoms with Crippen molar-refractivity contribution < 1.29 is 24.0 Å². The molecule has 0 saturated carbocycles. The highest BCUT2D eigenvalue weighted by atomic mass is 16.6. The SMILES string of the molecule is CC(=O)Oc1ccc(N2C(=O)C3ON=C(c4cnn(C)c4C)C3C2=O)cc1. The number of aromatic nitrogens is 2. The summed E-state index contributed by atoms with van der Waals surface area (Å²) < 4.78 is 6.63. The van der Waals surface area contributed by atoms with E-state index in [9.17, 15) is 14.4 Å². The van der Waals surface area contributed by atoms with E-state index in [1.165, 1.54) is 19.1 Å². The van der Waals surface area contributed by atoms with E-state index in [-0.39, 0.29) is 0 Å². The standard InChI is InChI=1S/C18H16N4O5/c1-9-13(8-19-21(9)3)15-14-16(27-20-15)18(25)22(17(14)24)11-4-6-12(7-5-11)26-10(2)23/h4-8,14,16H,1-3H3. The summed E-state index contributed by atoms with van der Waals surface area (Å²) in [5.41, 5.74) is 2.28. The number of anilines is 1. The summed E-state index contributed by atoms with van der Waals surface area (Å²) in [4.78, 5) is 43.1. The summed E-state index contributed by atoms with van der Waals surface area (Å²) in [6.07, 6.45) is 0.619. The van der Waals surface area contributed by atoms with E-state index in [0.29, 0.717) is 22.7 Å². The fourth-order valence-corrected chi connectivity index (χ4v) is 3.23.